The van der Waals surface area contributed by atoms with Gasteiger partial charge in [-0.05, 0) is 197 Å². The zero-order valence-corrected chi connectivity index (χ0v) is 72.9. The first-order chi connectivity index (χ1) is 58.0. The van der Waals surface area contributed by atoms with Crippen LogP contribution in [0.5, 0.6) is 0 Å². The molecule has 10 aliphatic heterocycles. The lowest BCUT2D eigenvalue weighted by Gasteiger charge is -2.44. The summed E-state index contributed by atoms with van der Waals surface area (Å²) < 4.78 is 45.0. The van der Waals surface area contributed by atoms with Gasteiger partial charge in [-0.3, -0.25) is 0 Å². The molecule has 10 aromatic carbocycles. The number of nitriles is 1. The molecule has 120 heavy (non-hydrogen) atoms. The largest absolute Gasteiger partial charge is 0.378 e. The van der Waals surface area contributed by atoms with Crippen LogP contribution in [0.3, 0.4) is 0 Å². The molecule has 10 heterocycles. The molecular weight excluding hydrogens is 1480 g/mol. The molecule has 3 unspecified atom stereocenters. The Balaban J connectivity index is 0.000000112. The summed E-state index contributed by atoms with van der Waals surface area (Å²) in [6.45, 7) is 31.3. The van der Waals surface area contributed by atoms with E-state index in [4.69, 9.17) is 28.9 Å². The Hall–Kier alpha value is -9.58. The minimum Gasteiger partial charge on any atom is -0.378 e. The van der Waals surface area contributed by atoms with Crippen molar-refractivity contribution in [1.82, 2.24) is 0 Å². The number of ether oxygens (including phenoxy) is 5. The Morgan fingerprint density at radius 3 is 1.02 bits per heavy atom. The third-order valence-corrected chi connectivity index (χ3v) is 27.2. The number of rotatable bonds is 7. The average molecular weight is 1610 g/mol. The van der Waals surface area contributed by atoms with Gasteiger partial charge in [0.15, 0.2) is 0 Å². The van der Waals surface area contributed by atoms with E-state index in [2.05, 4.69) is 316 Å². The van der Waals surface area contributed by atoms with Gasteiger partial charge in [0.05, 0.1) is 73.2 Å². The van der Waals surface area contributed by atoms with Crippen molar-refractivity contribution in [1.29, 1.82) is 5.26 Å². The van der Waals surface area contributed by atoms with Gasteiger partial charge in [-0.1, -0.05) is 264 Å². The van der Waals surface area contributed by atoms with Crippen LogP contribution < -0.4 is 26.6 Å². The second-order valence-electron chi connectivity index (χ2n) is 38.7. The van der Waals surface area contributed by atoms with Gasteiger partial charge in [0.2, 0.25) is 0 Å². The fraction of sp³-hybridized carbons (Fsp3) is 0.435. The Morgan fingerprint density at radius 2 is 0.658 bits per heavy atom. The predicted octanol–water partition coefficient (Wildman–Crippen LogP) is 27.1. The topological polar surface area (TPSA) is 130 Å². The number of fused-ring (bicyclic) bond motifs is 15. The smallest absolute Gasteiger partial charge is 0.123 e. The van der Waals surface area contributed by atoms with Gasteiger partial charge in [0, 0.05) is 119 Å². The maximum absolute atomic E-state index is 13.8. The van der Waals surface area contributed by atoms with E-state index in [9.17, 15) is 4.39 Å². The van der Waals surface area contributed by atoms with Crippen molar-refractivity contribution in [3.05, 3.63) is 325 Å². The van der Waals surface area contributed by atoms with Gasteiger partial charge in [-0.25, -0.2) is 4.39 Å². The van der Waals surface area contributed by atoms with Crippen LogP contribution in [-0.2, 0) is 46.4 Å². The van der Waals surface area contributed by atoms with Gasteiger partial charge >= 0.3 is 0 Å². The van der Waals surface area contributed by atoms with Gasteiger partial charge in [-0.15, -0.1) is 0 Å². The minimum absolute atomic E-state index is 0.0839. The van der Waals surface area contributed by atoms with Gasteiger partial charge < -0.3 is 50.3 Å². The number of nitrogens with one attached hydrogen (secondary N) is 5. The van der Waals surface area contributed by atoms with E-state index < -0.39 is 0 Å². The highest BCUT2D eigenvalue weighted by molar-refractivity contribution is 5.64. The van der Waals surface area contributed by atoms with Crippen molar-refractivity contribution >= 4 is 28.4 Å². The highest BCUT2D eigenvalue weighted by Crippen LogP contribution is 2.56. The molecule has 5 saturated heterocycles. The molecule has 5 N–H and O–H groups in total. The summed E-state index contributed by atoms with van der Waals surface area (Å²) in [6.07, 6.45) is 12.9. The highest BCUT2D eigenvalue weighted by Gasteiger charge is 2.46. The average Bonchev–Trinajstić information content (AvgIpc) is 0.786. The fourth-order valence-electron chi connectivity index (χ4n) is 20.6. The molecule has 11 nitrogen and oxygen atoms in total. The van der Waals surface area contributed by atoms with Crippen LogP contribution in [0.4, 0.5) is 32.8 Å². The zero-order valence-electron chi connectivity index (χ0n) is 72.9. The molecule has 0 aromatic heterocycles. The molecule has 0 saturated carbocycles. The molecular formula is C108H127FN6O5. The van der Waals surface area contributed by atoms with E-state index in [1.165, 1.54) is 127 Å². The number of nitrogens with zero attached hydrogens (tertiary/aromatic N) is 1. The summed E-state index contributed by atoms with van der Waals surface area (Å²) in [6, 6.07) is 85.2. The van der Waals surface area contributed by atoms with Gasteiger partial charge in [-0.2, -0.15) is 5.26 Å². The van der Waals surface area contributed by atoms with Crippen molar-refractivity contribution in [3.8, 4) is 6.07 Å². The van der Waals surface area contributed by atoms with Gasteiger partial charge in [0.25, 0.3) is 0 Å². The van der Waals surface area contributed by atoms with Gasteiger partial charge in [0.1, 0.15) is 5.82 Å². The standard InChI is InChI=1S/C22H26FNO.3C22H27NO.C20H20N2O/c1-22(2,3)15-9-10-19-18(13-15)21-17(8-5-11-25-21)20(24-19)14-6-4-7-16(23)12-14;1-14(2)16-10-11-20-19(13-16)22-18(9-6-12-24-22)21(23-20)17-8-5-4-7-15(17)3;2*1-22(2,3)16-11-12-19-18(14-16)21-17(10-7-13-24-21)20(23-19)15-8-5-4-6-9-15;21-11-10-14-8-9-18-17(13-14)20-16(7-4-12-23-20)19(22-18)15-5-2-1-3-6-15/h4,6-7,9-10,12-13,17,20-21,24H,5,8,11H2,1-3H3;4-5,7-8,10-11,13-14,18,21-23H,6,9,12H2,1-3H3;2*4-6,8-9,11-12,14,17,20-21,23H,7,10,13H2,1-3H3;1-3,5-6,8-9,13,16,19-20,22H,4,7,10,12H2/t17-,20-,21-;18-,21-,22-;17-,20-,21-;;16-,19-,20-/m100.0/s1. The number of aryl methyl sites for hydroxylation is 1. The summed E-state index contributed by atoms with van der Waals surface area (Å²) in [7, 11) is 0. The maximum atomic E-state index is 13.8. The molecule has 626 valence electrons. The molecule has 0 amide bonds. The quantitative estimate of drug-likeness (QED) is 0.105. The first kappa shape index (κ1) is 84.0. The van der Waals surface area contributed by atoms with Crippen molar-refractivity contribution in [2.24, 2.45) is 29.6 Å². The summed E-state index contributed by atoms with van der Waals surface area (Å²) in [5.41, 5.74) is 27.3. The molecule has 20 rings (SSSR count). The van der Waals surface area contributed by atoms with Crippen LogP contribution in [-0.4, -0.2) is 33.0 Å². The van der Waals surface area contributed by atoms with E-state index in [1.54, 1.807) is 12.1 Å². The van der Waals surface area contributed by atoms with E-state index in [0.29, 0.717) is 60.1 Å². The second-order valence-corrected chi connectivity index (χ2v) is 38.7. The number of hydrogen-bond donors (Lipinski definition) is 5. The lowest BCUT2D eigenvalue weighted by molar-refractivity contribution is -0.0383. The van der Waals surface area contributed by atoms with Crippen molar-refractivity contribution < 1.29 is 28.1 Å². The normalized spacial score (nSPS) is 25.9. The van der Waals surface area contributed by atoms with Crippen LogP contribution in [0, 0.1) is 53.7 Å². The summed E-state index contributed by atoms with van der Waals surface area (Å²) in [4.78, 5) is 0. The first-order valence-corrected chi connectivity index (χ1v) is 45.0. The molecule has 15 atom stereocenters. The molecule has 0 spiro atoms. The summed E-state index contributed by atoms with van der Waals surface area (Å²) >= 11 is 0. The van der Waals surface area contributed by atoms with E-state index in [1.807, 2.05) is 12.1 Å². The van der Waals surface area contributed by atoms with Crippen LogP contribution >= 0.6 is 0 Å². The monoisotopic (exact) mass is 1610 g/mol. The molecule has 0 aliphatic carbocycles. The summed E-state index contributed by atoms with van der Waals surface area (Å²) in [5.74, 6) is 2.66. The minimum atomic E-state index is -0.179. The lowest BCUT2D eigenvalue weighted by atomic mass is 9.76. The van der Waals surface area contributed by atoms with E-state index in [0.717, 1.165) is 94.1 Å². The predicted molar refractivity (Wildman–Crippen MR) is 488 cm³/mol. The van der Waals surface area contributed by atoms with E-state index >= 15 is 0 Å². The molecule has 0 bridgehead atoms. The molecule has 12 heteroatoms. The van der Waals surface area contributed by atoms with Crippen molar-refractivity contribution in [2.75, 3.05) is 59.6 Å². The fourth-order valence-corrected chi connectivity index (χ4v) is 20.6. The molecule has 10 aliphatic rings. The zero-order chi connectivity index (χ0) is 83.4. The van der Waals surface area contributed by atoms with E-state index in [-0.39, 0.29) is 64.7 Å². The van der Waals surface area contributed by atoms with Crippen LogP contribution in [0.15, 0.2) is 231 Å². The number of hydrogen-bond acceptors (Lipinski definition) is 11. The maximum Gasteiger partial charge on any atom is 0.123 e. The number of anilines is 5. The van der Waals surface area contributed by atoms with Crippen molar-refractivity contribution in [2.45, 2.75) is 237 Å². The highest BCUT2D eigenvalue weighted by atomic mass is 19.1. The molecule has 10 aromatic rings. The van der Waals surface area contributed by atoms with Crippen LogP contribution in [0.2, 0.25) is 0 Å². The third-order valence-electron chi connectivity index (χ3n) is 27.2. The Morgan fingerprint density at radius 1 is 0.342 bits per heavy atom. The van der Waals surface area contributed by atoms with Crippen LogP contribution in [0.25, 0.3) is 0 Å². The molecule has 5 fully saturated rings. The Kier molecular flexibility index (Phi) is 25.6. The Bertz CT molecular complexity index is 5050. The number of halogens is 1. The number of benzene rings is 10. The SMILES string of the molecule is CC(C)(C)c1ccc2c(c1)C1OCCCC1C(c1ccccc1)N2.CC(C)(C)c1ccc2c(c1)[C@@H]1OCCC[C@@H]1[C@@H](c1cccc(F)c1)N2.CC(C)(C)c1ccc2c(c1)[C@H]1OCCC[C@H]1[C@H](c1ccccc1)N2.Cc1ccccc1[C@@H]1Nc2ccc(C(C)C)cc2[C@H]2OCCC[C@H]21.N#CCc1ccc2c(c1)[C@H]1OCCC[C@H]1[C@H](c1ccccc1)N2. The lowest BCUT2D eigenvalue weighted by Crippen LogP contribution is -2.36. The second kappa shape index (κ2) is 36.6. The summed E-state index contributed by atoms with van der Waals surface area (Å²) in [5, 5.41) is 27.8. The molecule has 0 radical (unpaired) electrons. The van der Waals surface area contributed by atoms with Crippen molar-refractivity contribution in [3.63, 3.8) is 0 Å². The third kappa shape index (κ3) is 18.4. The first-order valence-electron chi connectivity index (χ1n) is 45.0. The van der Waals surface area contributed by atoms with Crippen LogP contribution in [0.1, 0.15) is 296 Å². The Labute approximate surface area is 714 Å².